The van der Waals surface area contributed by atoms with Gasteiger partial charge in [0.1, 0.15) is 0 Å². The lowest BCUT2D eigenvalue weighted by Crippen LogP contribution is -2.46. The standard InChI is InChI=1S/C11H22N2/c1-10-4-7-13(8-10)9-11(2)5-3-6-12-11/h10,12H,3-9H2,1-2H3. The van der Waals surface area contributed by atoms with E-state index in [1.54, 1.807) is 0 Å². The second kappa shape index (κ2) is 3.58. The molecule has 2 nitrogen and oxygen atoms in total. The molecule has 2 unspecified atom stereocenters. The molecule has 1 N–H and O–H groups in total. The molecule has 76 valence electrons. The van der Waals surface area contributed by atoms with Crippen LogP contribution in [0, 0.1) is 5.92 Å². The molecular weight excluding hydrogens is 160 g/mol. The second-order valence-corrected chi connectivity index (χ2v) is 5.22. The first-order chi connectivity index (χ1) is 6.18. The molecule has 0 aromatic rings. The Balaban J connectivity index is 1.83. The third-order valence-corrected chi connectivity index (χ3v) is 3.54. The topological polar surface area (TPSA) is 15.3 Å². The van der Waals surface area contributed by atoms with Gasteiger partial charge in [0.05, 0.1) is 0 Å². The summed E-state index contributed by atoms with van der Waals surface area (Å²) in [5, 5.41) is 3.63. The molecule has 2 fully saturated rings. The second-order valence-electron chi connectivity index (χ2n) is 5.22. The van der Waals surface area contributed by atoms with Gasteiger partial charge in [0.2, 0.25) is 0 Å². The van der Waals surface area contributed by atoms with Crippen LogP contribution in [-0.2, 0) is 0 Å². The van der Waals surface area contributed by atoms with Gasteiger partial charge >= 0.3 is 0 Å². The Hall–Kier alpha value is -0.0800. The Morgan fingerprint density at radius 1 is 1.54 bits per heavy atom. The highest BCUT2D eigenvalue weighted by molar-refractivity contribution is 4.92. The molecule has 0 aliphatic carbocycles. The van der Waals surface area contributed by atoms with E-state index in [0.717, 1.165) is 5.92 Å². The van der Waals surface area contributed by atoms with E-state index in [1.165, 1.54) is 45.4 Å². The summed E-state index contributed by atoms with van der Waals surface area (Å²) in [5.41, 5.74) is 0.421. The van der Waals surface area contributed by atoms with Gasteiger partial charge in [0, 0.05) is 18.6 Å². The molecule has 0 aromatic heterocycles. The summed E-state index contributed by atoms with van der Waals surface area (Å²) < 4.78 is 0. The zero-order valence-electron chi connectivity index (χ0n) is 8.97. The third kappa shape index (κ3) is 2.23. The van der Waals surface area contributed by atoms with Crippen LogP contribution < -0.4 is 5.32 Å². The summed E-state index contributed by atoms with van der Waals surface area (Å²) in [6, 6.07) is 0. The Labute approximate surface area is 81.7 Å². The zero-order chi connectivity index (χ0) is 9.31. The molecule has 2 heterocycles. The van der Waals surface area contributed by atoms with Crippen LogP contribution in [0.25, 0.3) is 0 Å². The van der Waals surface area contributed by atoms with Gasteiger partial charge in [0.25, 0.3) is 0 Å². The number of hydrogen-bond acceptors (Lipinski definition) is 2. The molecule has 2 heteroatoms. The van der Waals surface area contributed by atoms with Gasteiger partial charge in [-0.25, -0.2) is 0 Å². The van der Waals surface area contributed by atoms with E-state index in [2.05, 4.69) is 24.1 Å². The van der Waals surface area contributed by atoms with Crippen LogP contribution in [0.5, 0.6) is 0 Å². The number of nitrogens with zero attached hydrogens (tertiary/aromatic N) is 1. The van der Waals surface area contributed by atoms with Crippen molar-refractivity contribution in [1.29, 1.82) is 0 Å². The smallest absolute Gasteiger partial charge is 0.0280 e. The molecule has 0 aromatic carbocycles. The minimum absolute atomic E-state index is 0.421. The van der Waals surface area contributed by atoms with Crippen molar-refractivity contribution >= 4 is 0 Å². The van der Waals surface area contributed by atoms with Crippen LogP contribution in [0.1, 0.15) is 33.1 Å². The molecule has 2 rings (SSSR count). The van der Waals surface area contributed by atoms with Gasteiger partial charge in [0.15, 0.2) is 0 Å². The van der Waals surface area contributed by atoms with Crippen molar-refractivity contribution in [2.24, 2.45) is 5.92 Å². The number of hydrogen-bond donors (Lipinski definition) is 1. The summed E-state index contributed by atoms with van der Waals surface area (Å²) in [7, 11) is 0. The predicted molar refractivity (Wildman–Crippen MR) is 55.9 cm³/mol. The number of likely N-dealkylation sites (tertiary alicyclic amines) is 1. The maximum absolute atomic E-state index is 3.63. The molecule has 2 saturated heterocycles. The molecule has 2 atom stereocenters. The lowest BCUT2D eigenvalue weighted by molar-refractivity contribution is 0.235. The van der Waals surface area contributed by atoms with Gasteiger partial charge in [-0.1, -0.05) is 6.92 Å². The van der Waals surface area contributed by atoms with Crippen LogP contribution >= 0.6 is 0 Å². The molecule has 13 heavy (non-hydrogen) atoms. The van der Waals surface area contributed by atoms with Crippen LogP contribution in [0.3, 0.4) is 0 Å². The van der Waals surface area contributed by atoms with Crippen LogP contribution in [0.2, 0.25) is 0 Å². The van der Waals surface area contributed by atoms with E-state index in [4.69, 9.17) is 0 Å². The van der Waals surface area contributed by atoms with Gasteiger partial charge in [-0.2, -0.15) is 0 Å². The van der Waals surface area contributed by atoms with E-state index in [-0.39, 0.29) is 0 Å². The van der Waals surface area contributed by atoms with E-state index >= 15 is 0 Å². The minimum Gasteiger partial charge on any atom is -0.310 e. The highest BCUT2D eigenvalue weighted by Crippen LogP contribution is 2.23. The fourth-order valence-electron chi connectivity index (χ4n) is 2.76. The number of nitrogens with one attached hydrogen (secondary N) is 1. The Morgan fingerprint density at radius 3 is 2.92 bits per heavy atom. The lowest BCUT2D eigenvalue weighted by Gasteiger charge is -2.30. The highest BCUT2D eigenvalue weighted by atomic mass is 15.2. The van der Waals surface area contributed by atoms with Crippen molar-refractivity contribution in [2.75, 3.05) is 26.2 Å². The molecule has 2 aliphatic heterocycles. The van der Waals surface area contributed by atoms with Gasteiger partial charge < -0.3 is 10.2 Å². The molecule has 0 spiro atoms. The Kier molecular flexibility index (Phi) is 2.61. The van der Waals surface area contributed by atoms with E-state index < -0.39 is 0 Å². The lowest BCUT2D eigenvalue weighted by atomic mass is 10.00. The summed E-state index contributed by atoms with van der Waals surface area (Å²) in [5.74, 6) is 0.921. The predicted octanol–water partition coefficient (Wildman–Crippen LogP) is 1.47. The first-order valence-corrected chi connectivity index (χ1v) is 5.65. The average molecular weight is 182 g/mol. The zero-order valence-corrected chi connectivity index (χ0v) is 8.97. The molecule has 0 bridgehead atoms. The normalized spacial score (nSPS) is 41.5. The van der Waals surface area contributed by atoms with E-state index in [1.807, 2.05) is 0 Å². The minimum atomic E-state index is 0.421. The van der Waals surface area contributed by atoms with Crippen LogP contribution in [0.4, 0.5) is 0 Å². The molecule has 0 radical (unpaired) electrons. The third-order valence-electron chi connectivity index (χ3n) is 3.54. The van der Waals surface area contributed by atoms with E-state index in [0.29, 0.717) is 5.54 Å². The fraction of sp³-hybridized carbons (Fsp3) is 1.00. The van der Waals surface area contributed by atoms with Crippen molar-refractivity contribution in [3.8, 4) is 0 Å². The van der Waals surface area contributed by atoms with Crippen molar-refractivity contribution in [3.05, 3.63) is 0 Å². The van der Waals surface area contributed by atoms with Crippen molar-refractivity contribution in [2.45, 2.75) is 38.6 Å². The SMILES string of the molecule is CC1CCN(CC2(C)CCCN2)C1. The number of rotatable bonds is 2. The van der Waals surface area contributed by atoms with Crippen LogP contribution in [-0.4, -0.2) is 36.6 Å². The monoisotopic (exact) mass is 182 g/mol. The summed E-state index contributed by atoms with van der Waals surface area (Å²) in [4.78, 5) is 2.63. The van der Waals surface area contributed by atoms with Crippen molar-refractivity contribution in [1.82, 2.24) is 10.2 Å². The fourth-order valence-corrected chi connectivity index (χ4v) is 2.76. The molecule has 0 saturated carbocycles. The largest absolute Gasteiger partial charge is 0.310 e. The summed E-state index contributed by atoms with van der Waals surface area (Å²) in [6.45, 7) is 9.86. The Morgan fingerprint density at radius 2 is 2.38 bits per heavy atom. The molecule has 2 aliphatic rings. The highest BCUT2D eigenvalue weighted by Gasteiger charge is 2.32. The van der Waals surface area contributed by atoms with Gasteiger partial charge in [-0.05, 0) is 45.2 Å². The first-order valence-electron chi connectivity index (χ1n) is 5.65. The first kappa shape index (κ1) is 9.47. The molecule has 0 amide bonds. The van der Waals surface area contributed by atoms with Gasteiger partial charge in [-0.15, -0.1) is 0 Å². The maximum atomic E-state index is 3.63. The summed E-state index contributed by atoms with van der Waals surface area (Å²) >= 11 is 0. The van der Waals surface area contributed by atoms with Crippen molar-refractivity contribution in [3.63, 3.8) is 0 Å². The quantitative estimate of drug-likeness (QED) is 0.695. The van der Waals surface area contributed by atoms with Crippen molar-refractivity contribution < 1.29 is 0 Å². The van der Waals surface area contributed by atoms with E-state index in [9.17, 15) is 0 Å². The van der Waals surface area contributed by atoms with Gasteiger partial charge in [-0.3, -0.25) is 0 Å². The average Bonchev–Trinajstić information content (AvgIpc) is 2.62. The molecular formula is C11H22N2. The Bertz CT molecular complexity index is 173. The summed E-state index contributed by atoms with van der Waals surface area (Å²) in [6.07, 6.45) is 4.12. The maximum Gasteiger partial charge on any atom is 0.0280 e. The van der Waals surface area contributed by atoms with Crippen LogP contribution in [0.15, 0.2) is 0 Å².